The molecule has 110 valence electrons. The van der Waals surface area contributed by atoms with Crippen LogP contribution in [0.15, 0.2) is 36.4 Å². The van der Waals surface area contributed by atoms with Crippen molar-refractivity contribution >= 4 is 23.0 Å². The first kappa shape index (κ1) is 14.9. The Bertz CT molecular complexity index is 678. The van der Waals surface area contributed by atoms with Crippen LogP contribution in [0.2, 0.25) is 0 Å². The Hall–Kier alpha value is -2.49. The molecular weight excluding hydrogens is 264 g/mol. The minimum Gasteiger partial charge on any atom is -0.478 e. The normalized spacial score (nSPS) is 10.7. The topological polar surface area (TPSA) is 75.3 Å². The molecular formula is C17H20N2O2. The number of hydrogen-bond donors (Lipinski definition) is 3. The molecule has 0 saturated carbocycles. The Morgan fingerprint density at radius 2 is 1.95 bits per heavy atom. The van der Waals surface area contributed by atoms with Gasteiger partial charge in [0.05, 0.1) is 16.9 Å². The zero-order chi connectivity index (χ0) is 15.6. The van der Waals surface area contributed by atoms with E-state index in [0.717, 1.165) is 11.3 Å². The molecule has 2 aromatic rings. The van der Waals surface area contributed by atoms with Crippen molar-refractivity contribution in [1.29, 1.82) is 0 Å². The number of anilines is 3. The highest BCUT2D eigenvalue weighted by atomic mass is 16.4. The summed E-state index contributed by atoms with van der Waals surface area (Å²) < 4.78 is 0. The average molecular weight is 284 g/mol. The van der Waals surface area contributed by atoms with Crippen molar-refractivity contribution in [3.05, 3.63) is 53.1 Å². The predicted molar refractivity (Wildman–Crippen MR) is 86.4 cm³/mol. The van der Waals surface area contributed by atoms with Crippen molar-refractivity contribution in [2.75, 3.05) is 11.1 Å². The highest BCUT2D eigenvalue weighted by molar-refractivity contribution is 5.91. The molecule has 0 spiro atoms. The molecule has 4 N–H and O–H groups in total. The Morgan fingerprint density at radius 1 is 1.24 bits per heavy atom. The molecule has 0 fully saturated rings. The monoisotopic (exact) mass is 284 g/mol. The number of benzene rings is 2. The van der Waals surface area contributed by atoms with E-state index in [4.69, 9.17) is 10.8 Å². The van der Waals surface area contributed by atoms with Gasteiger partial charge in [-0.25, -0.2) is 4.79 Å². The molecule has 0 bridgehead atoms. The maximum Gasteiger partial charge on any atom is 0.335 e. The van der Waals surface area contributed by atoms with Gasteiger partial charge in [0.25, 0.3) is 0 Å². The van der Waals surface area contributed by atoms with Crippen LogP contribution in [0.4, 0.5) is 17.1 Å². The lowest BCUT2D eigenvalue weighted by molar-refractivity contribution is 0.0697. The molecule has 0 heterocycles. The van der Waals surface area contributed by atoms with Gasteiger partial charge in [-0.1, -0.05) is 32.0 Å². The van der Waals surface area contributed by atoms with E-state index in [1.807, 2.05) is 19.1 Å². The van der Waals surface area contributed by atoms with Gasteiger partial charge in [0, 0.05) is 5.69 Å². The third kappa shape index (κ3) is 3.16. The van der Waals surface area contributed by atoms with Crippen LogP contribution in [0.3, 0.4) is 0 Å². The number of nitrogens with one attached hydrogen (secondary N) is 1. The lowest BCUT2D eigenvalue weighted by Crippen LogP contribution is -2.04. The highest BCUT2D eigenvalue weighted by Gasteiger charge is 2.12. The van der Waals surface area contributed by atoms with Gasteiger partial charge in [-0.15, -0.1) is 0 Å². The van der Waals surface area contributed by atoms with E-state index in [2.05, 4.69) is 25.2 Å². The van der Waals surface area contributed by atoms with Crippen molar-refractivity contribution in [2.24, 2.45) is 0 Å². The molecule has 4 nitrogen and oxygen atoms in total. The van der Waals surface area contributed by atoms with Crippen molar-refractivity contribution in [3.63, 3.8) is 0 Å². The summed E-state index contributed by atoms with van der Waals surface area (Å²) in [6.07, 6.45) is 0. The molecule has 2 rings (SSSR count). The van der Waals surface area contributed by atoms with Gasteiger partial charge in [-0.3, -0.25) is 0 Å². The highest BCUT2D eigenvalue weighted by Crippen LogP contribution is 2.32. The van der Waals surface area contributed by atoms with Crippen LogP contribution >= 0.6 is 0 Å². The molecule has 2 aromatic carbocycles. The largest absolute Gasteiger partial charge is 0.478 e. The summed E-state index contributed by atoms with van der Waals surface area (Å²) >= 11 is 0. The van der Waals surface area contributed by atoms with E-state index in [9.17, 15) is 4.79 Å². The number of rotatable bonds is 4. The second kappa shape index (κ2) is 5.87. The molecule has 0 amide bonds. The Kier molecular flexibility index (Phi) is 4.17. The number of carboxylic acids is 1. The predicted octanol–water partition coefficient (Wildman–Crippen LogP) is 4.14. The summed E-state index contributed by atoms with van der Waals surface area (Å²) in [6.45, 7) is 6.26. The van der Waals surface area contributed by atoms with E-state index in [1.165, 1.54) is 11.6 Å². The van der Waals surface area contributed by atoms with Crippen molar-refractivity contribution in [1.82, 2.24) is 0 Å². The summed E-state index contributed by atoms with van der Waals surface area (Å²) in [4.78, 5) is 11.1. The summed E-state index contributed by atoms with van der Waals surface area (Å²) in [7, 11) is 0. The minimum absolute atomic E-state index is 0.214. The third-order valence-corrected chi connectivity index (χ3v) is 3.49. The van der Waals surface area contributed by atoms with Gasteiger partial charge in [0.2, 0.25) is 0 Å². The van der Waals surface area contributed by atoms with Gasteiger partial charge in [-0.2, -0.15) is 0 Å². The number of carbonyl (C=O) groups is 1. The molecule has 4 heteroatoms. The van der Waals surface area contributed by atoms with Crippen LogP contribution in [-0.4, -0.2) is 11.1 Å². The maximum atomic E-state index is 11.1. The van der Waals surface area contributed by atoms with Crippen LogP contribution in [0, 0.1) is 6.92 Å². The Morgan fingerprint density at radius 3 is 2.57 bits per heavy atom. The standard InChI is InChI=1S/C17H20N2O2/c1-10(2)13-6-4-5-11(3)16(13)19-15-9-12(17(20)21)7-8-14(15)18/h4-10,19H,18H2,1-3H3,(H,20,21). The van der Waals surface area contributed by atoms with E-state index < -0.39 is 5.97 Å². The second-order valence-electron chi connectivity index (χ2n) is 5.43. The Labute approximate surface area is 124 Å². The average Bonchev–Trinajstić information content (AvgIpc) is 2.42. The van der Waals surface area contributed by atoms with Gasteiger partial charge >= 0.3 is 5.97 Å². The van der Waals surface area contributed by atoms with Crippen molar-refractivity contribution in [2.45, 2.75) is 26.7 Å². The second-order valence-corrected chi connectivity index (χ2v) is 5.43. The lowest BCUT2D eigenvalue weighted by Gasteiger charge is -2.18. The number of nitrogens with two attached hydrogens (primary N) is 1. The SMILES string of the molecule is Cc1cccc(C(C)C)c1Nc1cc(C(=O)O)ccc1N. The number of aromatic carboxylic acids is 1. The Balaban J connectivity index is 2.47. The first-order valence-electron chi connectivity index (χ1n) is 6.89. The quantitative estimate of drug-likeness (QED) is 0.737. The van der Waals surface area contributed by atoms with E-state index in [-0.39, 0.29) is 5.56 Å². The van der Waals surface area contributed by atoms with Gasteiger partial charge < -0.3 is 16.2 Å². The zero-order valence-electron chi connectivity index (χ0n) is 12.5. The van der Waals surface area contributed by atoms with Crippen LogP contribution in [0.1, 0.15) is 41.3 Å². The van der Waals surface area contributed by atoms with Crippen molar-refractivity contribution in [3.8, 4) is 0 Å². The number of carboxylic acid groups (broad SMARTS) is 1. The molecule has 21 heavy (non-hydrogen) atoms. The molecule has 0 aromatic heterocycles. The fourth-order valence-electron chi connectivity index (χ4n) is 2.27. The van der Waals surface area contributed by atoms with Crippen molar-refractivity contribution < 1.29 is 9.90 Å². The zero-order valence-corrected chi connectivity index (χ0v) is 12.5. The summed E-state index contributed by atoms with van der Waals surface area (Å²) in [5.74, 6) is -0.608. The number of para-hydroxylation sites is 1. The lowest BCUT2D eigenvalue weighted by atomic mass is 9.98. The summed E-state index contributed by atoms with van der Waals surface area (Å²) in [5.41, 5.74) is 10.6. The van der Waals surface area contributed by atoms with E-state index in [1.54, 1.807) is 12.1 Å². The molecule has 0 aliphatic rings. The molecule has 0 aliphatic carbocycles. The van der Waals surface area contributed by atoms with E-state index in [0.29, 0.717) is 17.3 Å². The van der Waals surface area contributed by atoms with Crippen LogP contribution in [0.25, 0.3) is 0 Å². The third-order valence-electron chi connectivity index (χ3n) is 3.49. The van der Waals surface area contributed by atoms with E-state index >= 15 is 0 Å². The molecule has 0 atom stereocenters. The summed E-state index contributed by atoms with van der Waals surface area (Å²) in [6, 6.07) is 10.8. The van der Waals surface area contributed by atoms with Gasteiger partial charge in [0.15, 0.2) is 0 Å². The van der Waals surface area contributed by atoms with Crippen LogP contribution < -0.4 is 11.1 Å². The van der Waals surface area contributed by atoms with Gasteiger partial charge in [0.1, 0.15) is 0 Å². The minimum atomic E-state index is -0.966. The number of nitrogen functional groups attached to an aromatic ring is 1. The molecule has 0 saturated heterocycles. The number of aryl methyl sites for hydroxylation is 1. The van der Waals surface area contributed by atoms with Gasteiger partial charge in [-0.05, 0) is 42.2 Å². The fraction of sp³-hybridized carbons (Fsp3) is 0.235. The van der Waals surface area contributed by atoms with Crippen LogP contribution in [0.5, 0.6) is 0 Å². The number of hydrogen-bond acceptors (Lipinski definition) is 3. The first-order valence-corrected chi connectivity index (χ1v) is 6.89. The first-order chi connectivity index (χ1) is 9.90. The summed E-state index contributed by atoms with van der Waals surface area (Å²) in [5, 5.41) is 12.4. The molecule has 0 aliphatic heterocycles. The smallest absolute Gasteiger partial charge is 0.335 e. The molecule has 0 unspecified atom stereocenters. The maximum absolute atomic E-state index is 11.1. The van der Waals surface area contributed by atoms with Crippen LogP contribution in [-0.2, 0) is 0 Å². The fourth-order valence-corrected chi connectivity index (χ4v) is 2.27. The molecule has 0 radical (unpaired) electrons.